The summed E-state index contributed by atoms with van der Waals surface area (Å²) >= 11 is 0. The number of hydrogen-bond acceptors (Lipinski definition) is 5. The molecule has 1 aliphatic rings. The Labute approximate surface area is 175 Å². The van der Waals surface area contributed by atoms with Gasteiger partial charge in [0.05, 0.1) is 31.4 Å². The number of aromatic nitrogens is 1. The number of aliphatic hydroxyl groups excluding tert-OH is 1. The van der Waals surface area contributed by atoms with Gasteiger partial charge in [0, 0.05) is 18.3 Å². The molecule has 0 bridgehead atoms. The average Bonchev–Trinajstić information content (AvgIpc) is 2.80. The first-order valence-electron chi connectivity index (χ1n) is 9.65. The molecule has 2 aromatic carbocycles. The van der Waals surface area contributed by atoms with Crippen molar-refractivity contribution in [1.82, 2.24) is 9.88 Å². The summed E-state index contributed by atoms with van der Waals surface area (Å²) in [6, 6.07) is 20.2. The molecule has 1 aliphatic heterocycles. The highest BCUT2D eigenvalue weighted by atomic mass is 16.5. The molecule has 0 spiro atoms. The van der Waals surface area contributed by atoms with Crippen molar-refractivity contribution in [3.05, 3.63) is 84.2 Å². The Morgan fingerprint density at radius 3 is 2.33 bits per heavy atom. The van der Waals surface area contributed by atoms with Gasteiger partial charge >= 0.3 is 0 Å². The van der Waals surface area contributed by atoms with E-state index in [4.69, 9.17) is 4.74 Å². The van der Waals surface area contributed by atoms with E-state index < -0.39 is 12.1 Å². The largest absolute Gasteiger partial charge is 0.497 e. The molecule has 0 radical (unpaired) electrons. The van der Waals surface area contributed by atoms with Gasteiger partial charge in [0.25, 0.3) is 5.91 Å². The summed E-state index contributed by atoms with van der Waals surface area (Å²) in [5.41, 5.74) is 3.43. The first-order valence-corrected chi connectivity index (χ1v) is 9.65. The topological polar surface area (TPSA) is 86.5 Å². The number of nitriles is 1. The van der Waals surface area contributed by atoms with Gasteiger partial charge in [-0.25, -0.2) is 0 Å². The van der Waals surface area contributed by atoms with Crippen LogP contribution in [-0.2, 0) is 0 Å². The number of pyridine rings is 1. The van der Waals surface area contributed by atoms with Gasteiger partial charge in [-0.1, -0.05) is 36.4 Å². The van der Waals surface area contributed by atoms with Crippen LogP contribution in [-0.4, -0.2) is 46.7 Å². The monoisotopic (exact) mass is 399 g/mol. The van der Waals surface area contributed by atoms with Crippen molar-refractivity contribution in [3.8, 4) is 22.9 Å². The van der Waals surface area contributed by atoms with Crippen LogP contribution in [0.4, 0.5) is 0 Å². The zero-order valence-corrected chi connectivity index (χ0v) is 16.5. The van der Waals surface area contributed by atoms with Crippen LogP contribution < -0.4 is 4.74 Å². The molecule has 1 aromatic heterocycles. The van der Waals surface area contributed by atoms with Gasteiger partial charge in [0.2, 0.25) is 0 Å². The third kappa shape index (κ3) is 3.40. The van der Waals surface area contributed by atoms with Gasteiger partial charge in [-0.05, 0) is 41.0 Å². The summed E-state index contributed by atoms with van der Waals surface area (Å²) in [4.78, 5) is 18.3. The van der Waals surface area contributed by atoms with Gasteiger partial charge in [0.1, 0.15) is 11.8 Å². The second-order valence-electron chi connectivity index (χ2n) is 7.15. The molecule has 3 aromatic rings. The second kappa shape index (κ2) is 8.36. The second-order valence-corrected chi connectivity index (χ2v) is 7.15. The SMILES string of the molecule is COc1ccc(-c2ccc([C@@H]3[C@H](C#N)N(C(=O)c4cccnc4)[C@H]3CO)cc2)cc1. The summed E-state index contributed by atoms with van der Waals surface area (Å²) in [6.45, 7) is -0.213. The van der Waals surface area contributed by atoms with E-state index in [1.165, 1.54) is 11.1 Å². The lowest BCUT2D eigenvalue weighted by Crippen LogP contribution is -2.65. The van der Waals surface area contributed by atoms with Crippen molar-refractivity contribution in [3.63, 3.8) is 0 Å². The predicted molar refractivity (Wildman–Crippen MR) is 112 cm³/mol. The normalized spacial score (nSPS) is 20.2. The maximum atomic E-state index is 12.8. The number of nitrogens with zero attached hydrogens (tertiary/aromatic N) is 3. The third-order valence-corrected chi connectivity index (χ3v) is 5.59. The van der Waals surface area contributed by atoms with Crippen LogP contribution in [0, 0.1) is 11.3 Å². The van der Waals surface area contributed by atoms with Crippen molar-refractivity contribution < 1.29 is 14.6 Å². The van der Waals surface area contributed by atoms with E-state index in [1.807, 2.05) is 48.5 Å². The Hall–Kier alpha value is -3.69. The molecule has 150 valence electrons. The molecule has 3 atom stereocenters. The Kier molecular flexibility index (Phi) is 5.46. The first-order chi connectivity index (χ1) is 14.7. The van der Waals surface area contributed by atoms with Gasteiger partial charge in [-0.15, -0.1) is 0 Å². The summed E-state index contributed by atoms with van der Waals surface area (Å²) in [5, 5.41) is 19.7. The number of aliphatic hydroxyl groups is 1. The number of ether oxygens (including phenoxy) is 1. The number of rotatable bonds is 5. The van der Waals surface area contributed by atoms with Gasteiger partial charge in [-0.3, -0.25) is 9.78 Å². The minimum absolute atomic E-state index is 0.213. The lowest BCUT2D eigenvalue weighted by Gasteiger charge is -2.51. The van der Waals surface area contributed by atoms with Crippen molar-refractivity contribution in [2.24, 2.45) is 0 Å². The fraction of sp³-hybridized carbons (Fsp3) is 0.208. The molecule has 6 nitrogen and oxygen atoms in total. The Morgan fingerprint density at radius 2 is 1.80 bits per heavy atom. The van der Waals surface area contributed by atoms with Gasteiger partial charge < -0.3 is 14.7 Å². The molecule has 6 heteroatoms. The summed E-state index contributed by atoms with van der Waals surface area (Å²) in [7, 11) is 1.63. The molecule has 0 unspecified atom stereocenters. The highest BCUT2D eigenvalue weighted by molar-refractivity contribution is 5.95. The molecule has 1 saturated heterocycles. The van der Waals surface area contributed by atoms with Crippen LogP contribution >= 0.6 is 0 Å². The van der Waals surface area contributed by atoms with Crippen molar-refractivity contribution >= 4 is 5.91 Å². The van der Waals surface area contributed by atoms with Crippen LogP contribution in [0.15, 0.2) is 73.1 Å². The Bertz CT molecular complexity index is 1060. The highest BCUT2D eigenvalue weighted by Gasteiger charge is 2.51. The van der Waals surface area contributed by atoms with Crippen molar-refractivity contribution in [2.45, 2.75) is 18.0 Å². The number of carbonyl (C=O) groups is 1. The molecule has 1 amide bonds. The molecule has 0 saturated carbocycles. The maximum absolute atomic E-state index is 12.8. The third-order valence-electron chi connectivity index (χ3n) is 5.59. The summed E-state index contributed by atoms with van der Waals surface area (Å²) in [6.07, 6.45) is 3.06. The van der Waals surface area contributed by atoms with E-state index in [0.29, 0.717) is 5.56 Å². The molecular weight excluding hydrogens is 378 g/mol. The van der Waals surface area contributed by atoms with E-state index in [2.05, 4.69) is 11.1 Å². The van der Waals surface area contributed by atoms with Crippen LogP contribution in [0.2, 0.25) is 0 Å². The Morgan fingerprint density at radius 1 is 1.13 bits per heavy atom. The molecule has 0 aliphatic carbocycles. The molecule has 2 heterocycles. The van der Waals surface area contributed by atoms with Crippen molar-refractivity contribution in [1.29, 1.82) is 5.26 Å². The zero-order valence-electron chi connectivity index (χ0n) is 16.5. The quantitative estimate of drug-likeness (QED) is 0.712. The molecule has 1 fully saturated rings. The van der Waals surface area contributed by atoms with E-state index in [-0.39, 0.29) is 18.4 Å². The Balaban J connectivity index is 1.57. The number of methoxy groups -OCH3 is 1. The minimum atomic E-state index is -0.637. The van der Waals surface area contributed by atoms with E-state index in [1.54, 1.807) is 25.4 Å². The van der Waals surface area contributed by atoms with Crippen molar-refractivity contribution in [2.75, 3.05) is 13.7 Å². The molecule has 1 N–H and O–H groups in total. The van der Waals surface area contributed by atoms with E-state index in [9.17, 15) is 15.2 Å². The van der Waals surface area contributed by atoms with Crippen LogP contribution in [0.5, 0.6) is 5.75 Å². The number of hydrogen-bond donors (Lipinski definition) is 1. The molecule has 4 rings (SSSR count). The fourth-order valence-corrected chi connectivity index (χ4v) is 4.01. The fourth-order valence-electron chi connectivity index (χ4n) is 4.01. The van der Waals surface area contributed by atoms with Gasteiger partial charge in [0.15, 0.2) is 0 Å². The number of benzene rings is 2. The molecular formula is C24H21N3O3. The number of carbonyl (C=O) groups excluding carboxylic acids is 1. The van der Waals surface area contributed by atoms with Crippen LogP contribution in [0.1, 0.15) is 21.8 Å². The predicted octanol–water partition coefficient (Wildman–Crippen LogP) is 3.25. The highest BCUT2D eigenvalue weighted by Crippen LogP contribution is 2.41. The summed E-state index contributed by atoms with van der Waals surface area (Å²) in [5.74, 6) is 0.260. The standard InChI is InChI=1S/C24H21N3O3/c1-30-20-10-8-17(9-11-20)16-4-6-18(7-5-16)23-21(13-25)27(22(23)15-28)24(29)19-3-2-12-26-14-19/h2-12,14,21-23,28H,15H2,1H3/t21-,22-,23+/m0/s1. The first kappa shape index (κ1) is 19.6. The van der Waals surface area contributed by atoms with Crippen LogP contribution in [0.3, 0.4) is 0 Å². The van der Waals surface area contributed by atoms with E-state index in [0.717, 1.165) is 22.4 Å². The zero-order chi connectivity index (χ0) is 21.1. The average molecular weight is 399 g/mol. The molecule has 30 heavy (non-hydrogen) atoms. The minimum Gasteiger partial charge on any atom is -0.497 e. The number of amides is 1. The maximum Gasteiger partial charge on any atom is 0.256 e. The van der Waals surface area contributed by atoms with Crippen LogP contribution in [0.25, 0.3) is 11.1 Å². The van der Waals surface area contributed by atoms with E-state index >= 15 is 0 Å². The lowest BCUT2D eigenvalue weighted by molar-refractivity contribution is -0.00588. The smallest absolute Gasteiger partial charge is 0.256 e. The number of likely N-dealkylation sites (tertiary alicyclic amines) is 1. The summed E-state index contributed by atoms with van der Waals surface area (Å²) < 4.78 is 5.20. The van der Waals surface area contributed by atoms with Gasteiger partial charge in [-0.2, -0.15) is 5.26 Å². The lowest BCUT2D eigenvalue weighted by atomic mass is 9.75.